The number of nitrogens with zero attached hydrogens (tertiary/aromatic N) is 1. The van der Waals surface area contributed by atoms with E-state index in [1.807, 2.05) is 38.1 Å². The molecule has 0 unspecified atom stereocenters. The van der Waals surface area contributed by atoms with Crippen LogP contribution in [0.25, 0.3) is 6.08 Å². The summed E-state index contributed by atoms with van der Waals surface area (Å²) >= 11 is 0. The van der Waals surface area contributed by atoms with Gasteiger partial charge in [-0.2, -0.15) is 0 Å². The van der Waals surface area contributed by atoms with E-state index in [4.69, 9.17) is 14.2 Å². The van der Waals surface area contributed by atoms with E-state index in [1.165, 1.54) is 0 Å². The second-order valence-electron chi connectivity index (χ2n) is 7.27. The maximum atomic E-state index is 5.92. The largest absolute Gasteiger partial charge is 0.489 e. The van der Waals surface area contributed by atoms with Gasteiger partial charge in [-0.1, -0.05) is 6.08 Å². The lowest BCUT2D eigenvalue weighted by molar-refractivity contribution is -0.126. The van der Waals surface area contributed by atoms with Crippen molar-refractivity contribution < 1.29 is 14.2 Å². The van der Waals surface area contributed by atoms with Crippen LogP contribution < -0.4 is 4.74 Å². The summed E-state index contributed by atoms with van der Waals surface area (Å²) in [7, 11) is 0. The third kappa shape index (κ3) is 6.71. The van der Waals surface area contributed by atoms with Crippen molar-refractivity contribution in [1.82, 2.24) is 4.98 Å². The number of hydrogen-bond acceptors (Lipinski definition) is 4. The third-order valence-electron chi connectivity index (χ3n) is 3.45. The summed E-state index contributed by atoms with van der Waals surface area (Å²) in [6.45, 7) is 10.9. The maximum absolute atomic E-state index is 5.92. The highest BCUT2D eigenvalue weighted by Crippen LogP contribution is 2.30. The van der Waals surface area contributed by atoms with Gasteiger partial charge in [0.2, 0.25) is 0 Å². The molecule has 0 atom stereocenters. The smallest absolute Gasteiger partial charge is 0.138 e. The Labute approximate surface area is 139 Å². The van der Waals surface area contributed by atoms with Crippen LogP contribution in [0.4, 0.5) is 0 Å². The second kappa shape index (κ2) is 7.93. The predicted molar refractivity (Wildman–Crippen MR) is 92.6 cm³/mol. The molecule has 1 heterocycles. The van der Waals surface area contributed by atoms with Gasteiger partial charge in [0.15, 0.2) is 0 Å². The summed E-state index contributed by atoms with van der Waals surface area (Å²) in [5, 5.41) is 0. The summed E-state index contributed by atoms with van der Waals surface area (Å²) in [6.07, 6.45) is 8.42. The monoisotopic (exact) mass is 319 g/mol. The van der Waals surface area contributed by atoms with E-state index in [9.17, 15) is 0 Å². The van der Waals surface area contributed by atoms with E-state index >= 15 is 0 Å². The van der Waals surface area contributed by atoms with Gasteiger partial charge in [-0.25, -0.2) is 0 Å². The Bertz CT molecular complexity index is 496. The van der Waals surface area contributed by atoms with Gasteiger partial charge in [0.1, 0.15) is 11.9 Å². The average Bonchev–Trinajstić information content (AvgIpc) is 2.41. The van der Waals surface area contributed by atoms with E-state index in [2.05, 4.69) is 25.8 Å². The lowest BCUT2D eigenvalue weighted by Gasteiger charge is -2.39. The molecule has 2 rings (SSSR count). The molecule has 0 spiro atoms. The zero-order valence-electron chi connectivity index (χ0n) is 14.9. The van der Waals surface area contributed by atoms with Gasteiger partial charge in [-0.15, -0.1) is 0 Å². The molecule has 1 fully saturated rings. The van der Waals surface area contributed by atoms with Crippen molar-refractivity contribution in [3.63, 3.8) is 0 Å². The molecule has 1 aliphatic rings. The van der Waals surface area contributed by atoms with Crippen LogP contribution in [-0.2, 0) is 9.47 Å². The van der Waals surface area contributed by atoms with Crippen LogP contribution in [0.15, 0.2) is 24.4 Å². The van der Waals surface area contributed by atoms with Gasteiger partial charge in [0, 0.05) is 12.8 Å². The van der Waals surface area contributed by atoms with E-state index in [1.54, 1.807) is 6.20 Å². The van der Waals surface area contributed by atoms with Crippen LogP contribution in [0.2, 0.25) is 0 Å². The van der Waals surface area contributed by atoms with Gasteiger partial charge >= 0.3 is 0 Å². The van der Waals surface area contributed by atoms with Crippen LogP contribution in [0.3, 0.4) is 0 Å². The van der Waals surface area contributed by atoms with E-state index in [0.29, 0.717) is 12.7 Å². The molecular formula is C19H29NO3. The predicted octanol–water partition coefficient (Wildman–Crippen LogP) is 4.24. The van der Waals surface area contributed by atoms with Crippen LogP contribution in [0, 0.1) is 0 Å². The summed E-state index contributed by atoms with van der Waals surface area (Å²) in [4.78, 5) is 4.39. The molecular weight excluding hydrogens is 290 g/mol. The Kier molecular flexibility index (Phi) is 6.19. The number of ether oxygens (including phenoxy) is 3. The summed E-state index contributed by atoms with van der Waals surface area (Å²) in [5.41, 5.74) is 0.831. The zero-order chi connectivity index (χ0) is 16.9. The molecule has 128 valence electrons. The Morgan fingerprint density at radius 1 is 1.22 bits per heavy atom. The highest BCUT2D eigenvalue weighted by molar-refractivity contribution is 5.45. The van der Waals surface area contributed by atoms with Gasteiger partial charge < -0.3 is 14.2 Å². The lowest BCUT2D eigenvalue weighted by Crippen LogP contribution is -2.43. The van der Waals surface area contributed by atoms with Crippen LogP contribution >= 0.6 is 0 Å². The van der Waals surface area contributed by atoms with E-state index in [-0.39, 0.29) is 17.8 Å². The topological polar surface area (TPSA) is 40.6 Å². The molecule has 0 amide bonds. The molecule has 1 saturated carbocycles. The molecule has 4 heteroatoms. The average molecular weight is 319 g/mol. The van der Waals surface area contributed by atoms with Crippen LogP contribution in [-0.4, -0.2) is 35.5 Å². The minimum absolute atomic E-state index is 0.0789. The highest BCUT2D eigenvalue weighted by atomic mass is 16.5. The summed E-state index contributed by atoms with van der Waals surface area (Å²) < 4.78 is 17.3. The van der Waals surface area contributed by atoms with Crippen molar-refractivity contribution in [1.29, 1.82) is 0 Å². The van der Waals surface area contributed by atoms with Crippen molar-refractivity contribution in [2.45, 2.75) is 71.4 Å². The molecule has 1 aromatic rings. The molecule has 0 aromatic carbocycles. The molecule has 0 N–H and O–H groups in total. The first-order valence-electron chi connectivity index (χ1n) is 8.40. The molecule has 1 aliphatic carbocycles. The quantitative estimate of drug-likeness (QED) is 0.753. The normalized spacial score (nSPS) is 21.7. The standard InChI is InChI=1S/C19H29NO3/c1-14(2)21-10-6-7-15-8-9-16(13-20-15)22-17-11-18(12-17)23-19(3,4)5/h6-9,13-14,17-18H,10-12H2,1-5H3/b7-6+/t17-,18-. The number of hydrogen-bond donors (Lipinski definition) is 0. The van der Waals surface area contributed by atoms with Crippen molar-refractivity contribution in [2.75, 3.05) is 6.61 Å². The van der Waals surface area contributed by atoms with Crippen molar-refractivity contribution in [2.24, 2.45) is 0 Å². The Hall–Kier alpha value is -1.39. The van der Waals surface area contributed by atoms with Crippen LogP contribution in [0.1, 0.15) is 53.2 Å². The lowest BCUT2D eigenvalue weighted by atomic mass is 9.91. The second-order valence-corrected chi connectivity index (χ2v) is 7.27. The fraction of sp³-hybridized carbons (Fsp3) is 0.632. The Balaban J connectivity index is 1.72. The van der Waals surface area contributed by atoms with Crippen molar-refractivity contribution >= 4 is 6.08 Å². The third-order valence-corrected chi connectivity index (χ3v) is 3.45. The number of rotatable bonds is 7. The van der Waals surface area contributed by atoms with Crippen LogP contribution in [0.5, 0.6) is 5.75 Å². The maximum Gasteiger partial charge on any atom is 0.138 e. The SMILES string of the molecule is CC(C)OC/C=C/c1ccc(O[C@H]2C[C@H](OC(C)(C)C)C2)cn1. The fourth-order valence-electron chi connectivity index (χ4n) is 2.38. The van der Waals surface area contributed by atoms with Gasteiger partial charge in [0.25, 0.3) is 0 Å². The fourth-order valence-corrected chi connectivity index (χ4v) is 2.38. The number of pyridine rings is 1. The van der Waals surface area contributed by atoms with E-state index < -0.39 is 0 Å². The Morgan fingerprint density at radius 3 is 2.52 bits per heavy atom. The van der Waals surface area contributed by atoms with E-state index in [0.717, 1.165) is 24.3 Å². The minimum atomic E-state index is -0.0789. The van der Waals surface area contributed by atoms with Gasteiger partial charge in [-0.05, 0) is 52.8 Å². The molecule has 4 nitrogen and oxygen atoms in total. The molecule has 0 aliphatic heterocycles. The molecule has 0 saturated heterocycles. The zero-order valence-corrected chi connectivity index (χ0v) is 14.9. The Morgan fingerprint density at radius 2 is 1.96 bits per heavy atom. The van der Waals surface area contributed by atoms with Crippen molar-refractivity contribution in [3.05, 3.63) is 30.1 Å². The molecule has 0 bridgehead atoms. The summed E-state index contributed by atoms with van der Waals surface area (Å²) in [6, 6.07) is 3.93. The van der Waals surface area contributed by atoms with Gasteiger partial charge in [0.05, 0.1) is 36.3 Å². The van der Waals surface area contributed by atoms with Crippen molar-refractivity contribution in [3.8, 4) is 5.75 Å². The minimum Gasteiger partial charge on any atom is -0.489 e. The first kappa shape index (κ1) is 18.0. The summed E-state index contributed by atoms with van der Waals surface area (Å²) in [5.74, 6) is 0.819. The van der Waals surface area contributed by atoms with Gasteiger partial charge in [-0.3, -0.25) is 4.98 Å². The first-order chi connectivity index (χ1) is 10.8. The molecule has 23 heavy (non-hydrogen) atoms. The molecule has 1 aromatic heterocycles. The number of aromatic nitrogens is 1. The highest BCUT2D eigenvalue weighted by Gasteiger charge is 2.34. The molecule has 0 radical (unpaired) electrons. The first-order valence-corrected chi connectivity index (χ1v) is 8.40.